The predicted octanol–water partition coefficient (Wildman–Crippen LogP) is 1.75. The van der Waals surface area contributed by atoms with Crippen LogP contribution in [0.3, 0.4) is 0 Å². The lowest BCUT2D eigenvalue weighted by Gasteiger charge is -2.31. The van der Waals surface area contributed by atoms with Gasteiger partial charge in [-0.1, -0.05) is 6.42 Å². The van der Waals surface area contributed by atoms with Gasteiger partial charge in [-0.25, -0.2) is 4.98 Å². The monoisotopic (exact) mass is 329 g/mol. The van der Waals surface area contributed by atoms with E-state index in [9.17, 15) is 9.59 Å². The maximum atomic E-state index is 12.5. The Labute approximate surface area is 141 Å². The lowest BCUT2D eigenvalue weighted by Crippen LogP contribution is -2.48. The van der Waals surface area contributed by atoms with Crippen LogP contribution in [0.2, 0.25) is 0 Å². The molecule has 4 atom stereocenters. The zero-order valence-corrected chi connectivity index (χ0v) is 13.9. The lowest BCUT2D eigenvalue weighted by atomic mass is 9.84. The van der Waals surface area contributed by atoms with Crippen LogP contribution in [0.1, 0.15) is 32.6 Å². The standard InChI is InChI=1S/C18H23N3O3/c1-11(14-8-12-4-5-13(14)7-12)20-16(22)9-21-17(23)10-24-15-3-2-6-19-18(15)21/h2-3,6,11-14H,4-5,7-10H2,1H3,(H,20,22). The fourth-order valence-electron chi connectivity index (χ4n) is 4.65. The van der Waals surface area contributed by atoms with Crippen LogP contribution in [0.4, 0.5) is 5.82 Å². The van der Waals surface area contributed by atoms with Crippen molar-refractivity contribution in [3.8, 4) is 5.75 Å². The van der Waals surface area contributed by atoms with Gasteiger partial charge in [0.25, 0.3) is 5.91 Å². The third-order valence-corrected chi connectivity index (χ3v) is 5.78. The molecule has 1 aromatic heterocycles. The second-order valence-electron chi connectivity index (χ2n) is 7.29. The van der Waals surface area contributed by atoms with E-state index in [0.29, 0.717) is 17.5 Å². The second kappa shape index (κ2) is 6.07. The van der Waals surface area contributed by atoms with E-state index in [1.54, 1.807) is 18.3 Å². The molecule has 0 aromatic carbocycles. The molecule has 0 spiro atoms. The van der Waals surface area contributed by atoms with Crippen molar-refractivity contribution in [3.63, 3.8) is 0 Å². The van der Waals surface area contributed by atoms with Crippen molar-refractivity contribution in [1.82, 2.24) is 10.3 Å². The number of hydrogen-bond acceptors (Lipinski definition) is 4. The van der Waals surface area contributed by atoms with Gasteiger partial charge in [-0.05, 0) is 56.1 Å². The summed E-state index contributed by atoms with van der Waals surface area (Å²) in [7, 11) is 0. The van der Waals surface area contributed by atoms with Crippen molar-refractivity contribution in [1.29, 1.82) is 0 Å². The highest BCUT2D eigenvalue weighted by molar-refractivity contribution is 6.01. The van der Waals surface area contributed by atoms with Crippen molar-refractivity contribution in [2.75, 3.05) is 18.1 Å². The summed E-state index contributed by atoms with van der Waals surface area (Å²) >= 11 is 0. The fraction of sp³-hybridized carbons (Fsp3) is 0.611. The summed E-state index contributed by atoms with van der Waals surface area (Å²) in [5, 5.41) is 3.10. The van der Waals surface area contributed by atoms with Crippen LogP contribution in [0.15, 0.2) is 18.3 Å². The highest BCUT2D eigenvalue weighted by Gasteiger charge is 2.42. The van der Waals surface area contributed by atoms with E-state index in [4.69, 9.17) is 4.74 Å². The number of hydrogen-bond donors (Lipinski definition) is 1. The first-order valence-corrected chi connectivity index (χ1v) is 8.79. The molecule has 0 saturated heterocycles. The van der Waals surface area contributed by atoms with E-state index in [0.717, 1.165) is 11.8 Å². The van der Waals surface area contributed by atoms with Crippen LogP contribution in [-0.4, -0.2) is 36.0 Å². The molecule has 6 nitrogen and oxygen atoms in total. The average molecular weight is 329 g/mol. The highest BCUT2D eigenvalue weighted by Crippen LogP contribution is 2.49. The van der Waals surface area contributed by atoms with Gasteiger partial charge < -0.3 is 10.1 Å². The van der Waals surface area contributed by atoms with Crippen LogP contribution in [-0.2, 0) is 9.59 Å². The Morgan fingerprint density at radius 1 is 1.46 bits per heavy atom. The zero-order chi connectivity index (χ0) is 16.7. The Morgan fingerprint density at radius 2 is 2.33 bits per heavy atom. The van der Waals surface area contributed by atoms with E-state index in [1.165, 1.54) is 30.6 Å². The van der Waals surface area contributed by atoms with Crippen LogP contribution >= 0.6 is 0 Å². The SMILES string of the molecule is CC(NC(=O)CN1C(=O)COc2cccnc21)C1CC2CCC1C2. The molecular weight excluding hydrogens is 306 g/mol. The number of amides is 2. The zero-order valence-electron chi connectivity index (χ0n) is 13.9. The van der Waals surface area contributed by atoms with Gasteiger partial charge in [0.1, 0.15) is 6.54 Å². The number of nitrogens with zero attached hydrogens (tertiary/aromatic N) is 2. The van der Waals surface area contributed by atoms with Gasteiger partial charge >= 0.3 is 0 Å². The van der Waals surface area contributed by atoms with E-state index >= 15 is 0 Å². The molecule has 6 heteroatoms. The molecule has 2 aliphatic carbocycles. The van der Waals surface area contributed by atoms with Crippen molar-refractivity contribution in [2.45, 2.75) is 38.6 Å². The minimum absolute atomic E-state index is 0.00262. The molecule has 4 rings (SSSR count). The van der Waals surface area contributed by atoms with Crippen molar-refractivity contribution < 1.29 is 14.3 Å². The van der Waals surface area contributed by atoms with Gasteiger partial charge in [-0.2, -0.15) is 0 Å². The quantitative estimate of drug-likeness (QED) is 0.913. The number of rotatable bonds is 4. The minimum Gasteiger partial charge on any atom is -0.480 e. The molecule has 128 valence electrons. The van der Waals surface area contributed by atoms with E-state index in [2.05, 4.69) is 17.2 Å². The molecule has 4 unspecified atom stereocenters. The summed E-state index contributed by atoms with van der Waals surface area (Å²) in [6, 6.07) is 3.67. The Bertz CT molecular complexity index is 663. The maximum Gasteiger partial charge on any atom is 0.266 e. The fourth-order valence-corrected chi connectivity index (χ4v) is 4.65. The minimum atomic E-state index is -0.232. The highest BCUT2D eigenvalue weighted by atomic mass is 16.5. The molecule has 2 fully saturated rings. The van der Waals surface area contributed by atoms with E-state index < -0.39 is 0 Å². The van der Waals surface area contributed by atoms with Gasteiger partial charge in [0.2, 0.25) is 5.91 Å². The summed E-state index contributed by atoms with van der Waals surface area (Å²) in [6.07, 6.45) is 6.81. The van der Waals surface area contributed by atoms with Crippen LogP contribution in [0.5, 0.6) is 5.75 Å². The van der Waals surface area contributed by atoms with Gasteiger partial charge in [-0.3, -0.25) is 14.5 Å². The predicted molar refractivity (Wildman–Crippen MR) is 88.6 cm³/mol. The van der Waals surface area contributed by atoms with Crippen molar-refractivity contribution >= 4 is 17.6 Å². The molecule has 2 heterocycles. The largest absolute Gasteiger partial charge is 0.480 e. The van der Waals surface area contributed by atoms with Gasteiger partial charge in [0.05, 0.1) is 0 Å². The molecule has 24 heavy (non-hydrogen) atoms. The molecule has 2 bridgehead atoms. The van der Waals surface area contributed by atoms with Crippen LogP contribution < -0.4 is 15.0 Å². The number of aromatic nitrogens is 1. The van der Waals surface area contributed by atoms with Gasteiger partial charge in [0.15, 0.2) is 18.2 Å². The first-order chi connectivity index (χ1) is 11.6. The summed E-state index contributed by atoms with van der Waals surface area (Å²) in [6.45, 7) is 2.04. The number of fused-ring (bicyclic) bond motifs is 3. The number of pyridine rings is 1. The molecule has 1 aliphatic heterocycles. The van der Waals surface area contributed by atoms with Crippen LogP contribution in [0.25, 0.3) is 0 Å². The van der Waals surface area contributed by atoms with Crippen molar-refractivity contribution in [3.05, 3.63) is 18.3 Å². The number of ether oxygens (including phenoxy) is 1. The Kier molecular flexibility index (Phi) is 3.90. The molecule has 1 aromatic rings. The summed E-state index contributed by atoms with van der Waals surface area (Å²) < 4.78 is 5.36. The third-order valence-electron chi connectivity index (χ3n) is 5.78. The molecular formula is C18H23N3O3. The Hall–Kier alpha value is -2.11. The number of carbonyl (C=O) groups excluding carboxylic acids is 2. The van der Waals surface area contributed by atoms with Crippen LogP contribution in [0, 0.1) is 17.8 Å². The molecule has 0 radical (unpaired) electrons. The van der Waals surface area contributed by atoms with Crippen molar-refractivity contribution in [2.24, 2.45) is 17.8 Å². The van der Waals surface area contributed by atoms with Gasteiger partial charge in [-0.15, -0.1) is 0 Å². The second-order valence-corrected chi connectivity index (χ2v) is 7.29. The first kappa shape index (κ1) is 15.4. The van der Waals surface area contributed by atoms with E-state index in [1.807, 2.05) is 0 Å². The maximum absolute atomic E-state index is 12.5. The summed E-state index contributed by atoms with van der Waals surface area (Å²) in [5.74, 6) is 2.82. The smallest absolute Gasteiger partial charge is 0.266 e. The molecule has 2 amide bonds. The number of nitrogens with one attached hydrogen (secondary N) is 1. The first-order valence-electron chi connectivity index (χ1n) is 8.79. The lowest BCUT2D eigenvalue weighted by molar-refractivity contribution is -0.126. The van der Waals surface area contributed by atoms with Gasteiger partial charge in [0, 0.05) is 12.2 Å². The summed E-state index contributed by atoms with van der Waals surface area (Å²) in [4.78, 5) is 30.2. The molecule has 2 saturated carbocycles. The number of anilines is 1. The number of carbonyl (C=O) groups is 2. The molecule has 1 N–H and O–H groups in total. The molecule has 3 aliphatic rings. The topological polar surface area (TPSA) is 71.5 Å². The van der Waals surface area contributed by atoms with E-state index in [-0.39, 0.29) is 31.0 Å². The third kappa shape index (κ3) is 2.74. The normalized spacial score (nSPS) is 29.1. The Balaban J connectivity index is 1.40. The Morgan fingerprint density at radius 3 is 3.08 bits per heavy atom. The summed E-state index contributed by atoms with van der Waals surface area (Å²) in [5.41, 5.74) is 0. The average Bonchev–Trinajstić information content (AvgIpc) is 3.20.